The van der Waals surface area contributed by atoms with Crippen LogP contribution in [0, 0.1) is 0 Å². The molecule has 16 heavy (non-hydrogen) atoms. The van der Waals surface area contributed by atoms with Gasteiger partial charge in [0.15, 0.2) is 0 Å². The predicted octanol–water partition coefficient (Wildman–Crippen LogP) is 1.22. The quantitative estimate of drug-likeness (QED) is 0.420. The molecule has 0 radical (unpaired) electrons. The lowest BCUT2D eigenvalue weighted by Crippen LogP contribution is -2.26. The largest absolute Gasteiger partial charge is 0.478 e. The van der Waals surface area contributed by atoms with Crippen LogP contribution in [-0.2, 0) is 19.4 Å². The Morgan fingerprint density at radius 3 is 2.06 bits per heavy atom. The van der Waals surface area contributed by atoms with Crippen LogP contribution in [0.15, 0.2) is 11.6 Å². The zero-order valence-corrected chi connectivity index (χ0v) is 9.68. The molecule has 0 aromatic heterocycles. The highest BCUT2D eigenvalue weighted by Gasteiger charge is 2.22. The van der Waals surface area contributed by atoms with E-state index in [0.29, 0.717) is 6.08 Å². The van der Waals surface area contributed by atoms with E-state index >= 15 is 0 Å². The Morgan fingerprint density at radius 2 is 1.75 bits per heavy atom. The summed E-state index contributed by atoms with van der Waals surface area (Å²) in [5.74, 6) is -2.70. The minimum atomic E-state index is -1.35. The van der Waals surface area contributed by atoms with E-state index in [1.807, 2.05) is 0 Å². The number of rotatable bonds is 5. The summed E-state index contributed by atoms with van der Waals surface area (Å²) in [5, 5.41) is 17.2. The normalized spacial score (nSPS) is 14.6. The number of carboxylic acid groups (broad SMARTS) is 2. The van der Waals surface area contributed by atoms with Gasteiger partial charge in [0, 0.05) is 6.08 Å². The highest BCUT2D eigenvalue weighted by Crippen LogP contribution is 2.13. The average Bonchev–Trinajstić information content (AvgIpc) is 2.08. The minimum Gasteiger partial charge on any atom is -0.478 e. The highest BCUT2D eigenvalue weighted by molar-refractivity contribution is 5.95. The number of aliphatic carboxylic acids is 2. The molecule has 0 aliphatic carbocycles. The first-order valence-electron chi connectivity index (χ1n) is 4.66. The number of hydrogen-bond donors (Lipinski definition) is 2. The van der Waals surface area contributed by atoms with Crippen LogP contribution in [0.25, 0.3) is 0 Å². The van der Waals surface area contributed by atoms with Crippen LogP contribution >= 0.6 is 0 Å². The van der Waals surface area contributed by atoms with Gasteiger partial charge in [0.05, 0.1) is 11.2 Å². The van der Waals surface area contributed by atoms with Crippen molar-refractivity contribution >= 4 is 11.9 Å². The highest BCUT2D eigenvalue weighted by atomic mass is 17.2. The van der Waals surface area contributed by atoms with E-state index in [2.05, 4.69) is 0 Å². The third-order valence-electron chi connectivity index (χ3n) is 1.41. The fraction of sp³-hybridized carbons (Fsp3) is 0.600. The molecule has 0 aromatic rings. The fourth-order valence-electron chi connectivity index (χ4n) is 0.754. The van der Waals surface area contributed by atoms with Gasteiger partial charge in [-0.1, -0.05) is 0 Å². The Bertz CT molecular complexity index is 299. The molecule has 1 atom stereocenters. The van der Waals surface area contributed by atoms with E-state index in [0.717, 1.165) is 0 Å². The maximum Gasteiger partial charge on any atom is 0.334 e. The third-order valence-corrected chi connectivity index (χ3v) is 1.41. The molecule has 92 valence electrons. The lowest BCUT2D eigenvalue weighted by Gasteiger charge is -2.21. The molecule has 0 saturated heterocycles. The van der Waals surface area contributed by atoms with E-state index in [4.69, 9.17) is 20.0 Å². The second kappa shape index (κ2) is 5.62. The van der Waals surface area contributed by atoms with E-state index < -0.39 is 23.6 Å². The van der Waals surface area contributed by atoms with Crippen LogP contribution in [0.2, 0.25) is 0 Å². The van der Waals surface area contributed by atoms with E-state index in [-0.39, 0.29) is 5.57 Å². The molecule has 0 amide bonds. The van der Waals surface area contributed by atoms with Crippen LogP contribution in [0.1, 0.15) is 27.7 Å². The first-order chi connectivity index (χ1) is 7.13. The summed E-state index contributed by atoms with van der Waals surface area (Å²) in [5.41, 5.74) is -0.974. The molecule has 0 rings (SSSR count). The van der Waals surface area contributed by atoms with Gasteiger partial charge in [0.2, 0.25) is 0 Å². The summed E-state index contributed by atoms with van der Waals surface area (Å²) in [4.78, 5) is 30.8. The van der Waals surface area contributed by atoms with Gasteiger partial charge in [-0.2, -0.15) is 0 Å². The van der Waals surface area contributed by atoms with Gasteiger partial charge in [-0.3, -0.25) is 0 Å². The summed E-state index contributed by atoms with van der Waals surface area (Å²) >= 11 is 0. The summed E-state index contributed by atoms with van der Waals surface area (Å²) < 4.78 is 0. The van der Waals surface area contributed by atoms with Crippen LogP contribution in [0.3, 0.4) is 0 Å². The van der Waals surface area contributed by atoms with Gasteiger partial charge in [-0.05, 0) is 27.7 Å². The fourth-order valence-corrected chi connectivity index (χ4v) is 0.754. The molecule has 0 aromatic carbocycles. The summed E-state index contributed by atoms with van der Waals surface area (Å²) in [6, 6.07) is 0. The summed E-state index contributed by atoms with van der Waals surface area (Å²) in [7, 11) is 0. The third kappa shape index (κ3) is 6.15. The maximum absolute atomic E-state index is 10.7. The van der Waals surface area contributed by atoms with E-state index in [9.17, 15) is 9.59 Å². The maximum atomic E-state index is 10.7. The lowest BCUT2D eigenvalue weighted by atomic mass is 10.1. The molecule has 0 fully saturated rings. The molecule has 1 unspecified atom stereocenters. The molecule has 6 heteroatoms. The molecule has 0 heterocycles. The standard InChI is InChI=1S/C10H16O6/c1-6(15-16-10(2,3)4)7(9(13)14)5-8(11)12/h5-6H,1-4H3,(H,11,12)(H,13,14). The second-order valence-electron chi connectivity index (χ2n) is 4.18. The van der Waals surface area contributed by atoms with Crippen LogP contribution in [0.5, 0.6) is 0 Å². The monoisotopic (exact) mass is 232 g/mol. The molecular weight excluding hydrogens is 216 g/mol. The molecule has 0 bridgehead atoms. The van der Waals surface area contributed by atoms with E-state index in [1.165, 1.54) is 6.92 Å². The Hall–Kier alpha value is -1.40. The Balaban J connectivity index is 4.59. The van der Waals surface area contributed by atoms with Crippen molar-refractivity contribution in [3.8, 4) is 0 Å². The Labute approximate surface area is 93.4 Å². The van der Waals surface area contributed by atoms with Crippen LogP contribution in [0.4, 0.5) is 0 Å². The van der Waals surface area contributed by atoms with Crippen molar-refractivity contribution in [3.63, 3.8) is 0 Å². The second-order valence-corrected chi connectivity index (χ2v) is 4.18. The Morgan fingerprint density at radius 1 is 1.25 bits per heavy atom. The number of carboxylic acids is 2. The van der Waals surface area contributed by atoms with Gasteiger partial charge < -0.3 is 10.2 Å². The molecule has 2 N–H and O–H groups in total. The molecule has 6 nitrogen and oxygen atoms in total. The molecule has 0 spiro atoms. The minimum absolute atomic E-state index is 0.378. The zero-order chi connectivity index (χ0) is 12.9. The van der Waals surface area contributed by atoms with Gasteiger partial charge in [-0.25, -0.2) is 19.4 Å². The predicted molar refractivity (Wildman–Crippen MR) is 54.7 cm³/mol. The van der Waals surface area contributed by atoms with E-state index in [1.54, 1.807) is 20.8 Å². The van der Waals surface area contributed by atoms with Crippen molar-refractivity contribution in [1.82, 2.24) is 0 Å². The molecular formula is C10H16O6. The van der Waals surface area contributed by atoms with Crippen molar-refractivity contribution in [2.45, 2.75) is 39.4 Å². The average molecular weight is 232 g/mol. The smallest absolute Gasteiger partial charge is 0.334 e. The zero-order valence-electron chi connectivity index (χ0n) is 9.68. The van der Waals surface area contributed by atoms with Crippen molar-refractivity contribution < 1.29 is 29.6 Å². The van der Waals surface area contributed by atoms with Crippen LogP contribution in [-0.4, -0.2) is 33.9 Å². The topological polar surface area (TPSA) is 93.1 Å². The number of carbonyl (C=O) groups is 2. The van der Waals surface area contributed by atoms with Gasteiger partial charge in [-0.15, -0.1) is 0 Å². The molecule has 0 saturated carbocycles. The van der Waals surface area contributed by atoms with Gasteiger partial charge >= 0.3 is 11.9 Å². The lowest BCUT2D eigenvalue weighted by molar-refractivity contribution is -0.363. The van der Waals surface area contributed by atoms with Crippen molar-refractivity contribution in [2.75, 3.05) is 0 Å². The molecule has 0 aliphatic rings. The van der Waals surface area contributed by atoms with Gasteiger partial charge in [0.25, 0.3) is 0 Å². The first kappa shape index (κ1) is 14.6. The van der Waals surface area contributed by atoms with Crippen molar-refractivity contribution in [2.24, 2.45) is 0 Å². The van der Waals surface area contributed by atoms with Crippen LogP contribution < -0.4 is 0 Å². The first-order valence-corrected chi connectivity index (χ1v) is 4.66. The number of hydrogen-bond acceptors (Lipinski definition) is 4. The SMILES string of the molecule is CC(OOC(C)(C)C)C(=CC(=O)O)C(=O)O. The van der Waals surface area contributed by atoms with Crippen molar-refractivity contribution in [3.05, 3.63) is 11.6 Å². The Kier molecular flexibility index (Phi) is 5.13. The van der Waals surface area contributed by atoms with Gasteiger partial charge in [0.1, 0.15) is 6.10 Å². The summed E-state index contributed by atoms with van der Waals surface area (Å²) in [6.45, 7) is 6.57. The summed E-state index contributed by atoms with van der Waals surface area (Å²) in [6.07, 6.45) is -0.383. The van der Waals surface area contributed by atoms with Crippen molar-refractivity contribution in [1.29, 1.82) is 0 Å². The molecule has 0 aliphatic heterocycles.